The Morgan fingerprint density at radius 2 is 1.40 bits per heavy atom. The number of hydrogen-bond donors (Lipinski definition) is 0. The normalized spacial score (nSPS) is 10.8. The zero-order valence-corrected chi connectivity index (χ0v) is 15.0. The van der Waals surface area contributed by atoms with Crippen LogP contribution < -0.4 is 0 Å². The molecule has 0 amide bonds. The summed E-state index contributed by atoms with van der Waals surface area (Å²) in [6.45, 7) is 2.13. The summed E-state index contributed by atoms with van der Waals surface area (Å²) in [7, 11) is 0. The Kier molecular flexibility index (Phi) is 6.07. The third-order valence-corrected chi connectivity index (χ3v) is 5.62. The van der Waals surface area contributed by atoms with Crippen molar-refractivity contribution in [1.82, 2.24) is 15.0 Å². The second-order valence-electron chi connectivity index (χ2n) is 3.80. The van der Waals surface area contributed by atoms with Gasteiger partial charge in [0.05, 0.1) is 0 Å². The van der Waals surface area contributed by atoms with Gasteiger partial charge in [0.2, 0.25) is 0 Å². The molecule has 2 aromatic rings. The van der Waals surface area contributed by atoms with Crippen molar-refractivity contribution in [2.24, 2.45) is 0 Å². The second kappa shape index (κ2) is 7.59. The van der Waals surface area contributed by atoms with Gasteiger partial charge in [-0.25, -0.2) is 0 Å². The van der Waals surface area contributed by atoms with E-state index in [1.165, 1.54) is 15.4 Å². The summed E-state index contributed by atoms with van der Waals surface area (Å²) in [5, 5.41) is 2.30. The Bertz CT molecular complexity index is 582. The first-order valence-corrected chi connectivity index (χ1v) is 10.3. The van der Waals surface area contributed by atoms with Crippen LogP contribution in [0.15, 0.2) is 43.5 Å². The van der Waals surface area contributed by atoms with E-state index < -0.39 is 0 Å². The van der Waals surface area contributed by atoms with Crippen LogP contribution in [0.2, 0.25) is 0 Å². The van der Waals surface area contributed by atoms with Crippen molar-refractivity contribution >= 4 is 47.0 Å². The maximum atomic E-state index is 4.48. The van der Waals surface area contributed by atoms with Gasteiger partial charge in [0.1, 0.15) is 0 Å². The molecule has 0 aliphatic rings. The number of aryl methyl sites for hydroxylation is 1. The van der Waals surface area contributed by atoms with Gasteiger partial charge in [-0.05, 0) is 49.1 Å². The molecule has 0 saturated carbocycles. The Morgan fingerprint density at radius 3 is 1.95 bits per heavy atom. The summed E-state index contributed by atoms with van der Waals surface area (Å²) in [5.41, 5.74) is 1.28. The molecule has 1 aromatic heterocycles. The molecule has 3 nitrogen and oxygen atoms in total. The van der Waals surface area contributed by atoms with E-state index in [2.05, 4.69) is 46.3 Å². The van der Waals surface area contributed by atoms with Crippen LogP contribution in [0, 0.1) is 6.92 Å². The highest BCUT2D eigenvalue weighted by atomic mass is 32.2. The Balaban J connectivity index is 2.37. The van der Waals surface area contributed by atoms with E-state index in [1.54, 1.807) is 47.0 Å². The molecule has 2 rings (SSSR count). The third kappa shape index (κ3) is 3.84. The smallest absolute Gasteiger partial charge is 0.196 e. The fourth-order valence-corrected chi connectivity index (χ4v) is 4.39. The average molecular weight is 342 g/mol. The molecule has 0 aliphatic heterocycles. The highest BCUT2D eigenvalue weighted by molar-refractivity contribution is 8.02. The molecule has 7 heteroatoms. The number of thioether (sulfide) groups is 3. The van der Waals surface area contributed by atoms with E-state index in [1.807, 2.05) is 12.5 Å². The predicted octanol–water partition coefficient (Wildman–Crippen LogP) is 4.50. The van der Waals surface area contributed by atoms with Crippen LogP contribution in [0.5, 0.6) is 0 Å². The molecule has 0 spiro atoms. The van der Waals surface area contributed by atoms with Crippen molar-refractivity contribution in [2.75, 3.05) is 18.8 Å². The number of hydrogen-bond acceptors (Lipinski definition) is 7. The minimum atomic E-state index is 0.759. The summed E-state index contributed by atoms with van der Waals surface area (Å²) in [6.07, 6.45) is 6.06. The van der Waals surface area contributed by atoms with E-state index in [-0.39, 0.29) is 0 Å². The van der Waals surface area contributed by atoms with Crippen LogP contribution in [0.1, 0.15) is 5.56 Å². The van der Waals surface area contributed by atoms with Gasteiger partial charge in [-0.1, -0.05) is 35.7 Å². The topological polar surface area (TPSA) is 38.7 Å². The molecule has 0 unspecified atom stereocenters. The predicted molar refractivity (Wildman–Crippen MR) is 90.5 cm³/mol. The van der Waals surface area contributed by atoms with Gasteiger partial charge in [0.15, 0.2) is 15.5 Å². The second-order valence-corrected chi connectivity index (χ2v) is 7.17. The van der Waals surface area contributed by atoms with Crippen LogP contribution in [0.3, 0.4) is 0 Å². The molecular weight excluding hydrogens is 326 g/mol. The van der Waals surface area contributed by atoms with E-state index in [4.69, 9.17) is 0 Å². The monoisotopic (exact) mass is 341 g/mol. The largest absolute Gasteiger partial charge is 0.197 e. The number of benzene rings is 1. The van der Waals surface area contributed by atoms with Crippen molar-refractivity contribution < 1.29 is 0 Å². The van der Waals surface area contributed by atoms with Crippen molar-refractivity contribution in [3.63, 3.8) is 0 Å². The molecule has 20 heavy (non-hydrogen) atoms. The molecule has 0 bridgehead atoms. The first-order valence-electron chi connectivity index (χ1n) is 5.83. The highest BCUT2D eigenvalue weighted by Crippen LogP contribution is 2.35. The van der Waals surface area contributed by atoms with Crippen molar-refractivity contribution in [3.05, 3.63) is 23.8 Å². The van der Waals surface area contributed by atoms with Gasteiger partial charge in [-0.3, -0.25) is 0 Å². The Hall–Kier alpha value is -0.370. The van der Waals surface area contributed by atoms with E-state index in [0.717, 1.165) is 15.5 Å². The zero-order chi connectivity index (χ0) is 14.5. The minimum absolute atomic E-state index is 0.759. The van der Waals surface area contributed by atoms with Crippen molar-refractivity contribution in [3.8, 4) is 0 Å². The lowest BCUT2D eigenvalue weighted by molar-refractivity contribution is 0.718. The fraction of sp³-hybridized carbons (Fsp3) is 0.308. The van der Waals surface area contributed by atoms with E-state index in [9.17, 15) is 0 Å². The summed E-state index contributed by atoms with van der Waals surface area (Å²) in [5.74, 6) is 0. The molecule has 1 aromatic carbocycles. The van der Waals surface area contributed by atoms with Crippen LogP contribution >= 0.6 is 47.0 Å². The maximum absolute atomic E-state index is 4.48. The summed E-state index contributed by atoms with van der Waals surface area (Å²) in [6, 6.07) is 6.32. The maximum Gasteiger partial charge on any atom is 0.197 e. The molecule has 1 heterocycles. The lowest BCUT2D eigenvalue weighted by Gasteiger charge is -2.09. The molecule has 0 aliphatic carbocycles. The standard InChI is InChI=1S/C13H15N3S4/c1-8-6-5-7-9(10(8)17-2)20-13-15-11(18-3)14-12(16-13)19-4/h5-7H,1-4H3. The molecule has 106 valence electrons. The van der Waals surface area contributed by atoms with E-state index in [0.29, 0.717) is 0 Å². The highest BCUT2D eigenvalue weighted by Gasteiger charge is 2.11. The van der Waals surface area contributed by atoms with Crippen molar-refractivity contribution in [1.29, 1.82) is 0 Å². The molecule has 0 N–H and O–H groups in total. The third-order valence-electron chi connectivity index (χ3n) is 2.52. The summed E-state index contributed by atoms with van der Waals surface area (Å²) in [4.78, 5) is 15.8. The van der Waals surface area contributed by atoms with Crippen LogP contribution in [0.25, 0.3) is 0 Å². The first-order chi connectivity index (χ1) is 9.67. The molecule has 0 saturated heterocycles. The average Bonchev–Trinajstić information content (AvgIpc) is 2.47. The Labute approximate surface area is 136 Å². The molecule has 0 atom stereocenters. The fourth-order valence-electron chi connectivity index (χ4n) is 1.61. The van der Waals surface area contributed by atoms with Gasteiger partial charge in [0.25, 0.3) is 0 Å². The van der Waals surface area contributed by atoms with Gasteiger partial charge in [0, 0.05) is 9.79 Å². The zero-order valence-electron chi connectivity index (χ0n) is 11.7. The van der Waals surface area contributed by atoms with Crippen molar-refractivity contribution in [2.45, 2.75) is 32.2 Å². The minimum Gasteiger partial charge on any atom is -0.196 e. The van der Waals surface area contributed by atoms with Crippen LogP contribution in [-0.2, 0) is 0 Å². The lowest BCUT2D eigenvalue weighted by Crippen LogP contribution is -1.96. The molecular formula is C13H15N3S4. The number of aromatic nitrogens is 3. The Morgan fingerprint density at radius 1 is 0.800 bits per heavy atom. The summed E-state index contributed by atoms with van der Waals surface area (Å²) >= 11 is 6.45. The number of rotatable bonds is 5. The van der Waals surface area contributed by atoms with E-state index >= 15 is 0 Å². The SMILES string of the molecule is CSc1nc(SC)nc(Sc2cccc(C)c2SC)n1. The van der Waals surface area contributed by atoms with Gasteiger partial charge in [-0.15, -0.1) is 11.8 Å². The van der Waals surface area contributed by atoms with Gasteiger partial charge in [-0.2, -0.15) is 15.0 Å². The first kappa shape index (κ1) is 16.0. The van der Waals surface area contributed by atoms with Crippen LogP contribution in [0.4, 0.5) is 0 Å². The number of nitrogens with zero attached hydrogens (tertiary/aromatic N) is 3. The quantitative estimate of drug-likeness (QED) is 0.741. The van der Waals surface area contributed by atoms with Crippen LogP contribution in [-0.4, -0.2) is 33.7 Å². The summed E-state index contributed by atoms with van der Waals surface area (Å²) < 4.78 is 0. The molecule has 0 radical (unpaired) electrons. The molecule has 0 fully saturated rings. The van der Waals surface area contributed by atoms with Gasteiger partial charge >= 0.3 is 0 Å². The van der Waals surface area contributed by atoms with Gasteiger partial charge < -0.3 is 0 Å². The lowest BCUT2D eigenvalue weighted by atomic mass is 10.2.